The molecule has 1 atom stereocenters. The van der Waals surface area contributed by atoms with Crippen LogP contribution >= 0.6 is 0 Å². The number of nitrogens with one attached hydrogen (secondary N) is 1. The van der Waals surface area contributed by atoms with E-state index in [1.54, 1.807) is 26.2 Å². The molecule has 1 N–H and O–H groups in total. The van der Waals surface area contributed by atoms with Crippen molar-refractivity contribution < 1.29 is 23.8 Å². The maximum atomic E-state index is 12.5. The molecule has 222 valence electrons. The summed E-state index contributed by atoms with van der Waals surface area (Å²) in [5.41, 5.74) is 6.09. The Labute approximate surface area is 249 Å². The molecule has 10 nitrogen and oxygen atoms in total. The number of hydrogen-bond donors (Lipinski definition) is 1. The summed E-state index contributed by atoms with van der Waals surface area (Å²) in [4.78, 5) is 35.0. The molecule has 6 rings (SSSR count). The number of aromatic nitrogens is 4. The van der Waals surface area contributed by atoms with Crippen molar-refractivity contribution in [3.8, 4) is 17.3 Å². The molecule has 0 spiro atoms. The van der Waals surface area contributed by atoms with Gasteiger partial charge < -0.3 is 24.1 Å². The first-order chi connectivity index (χ1) is 20.9. The van der Waals surface area contributed by atoms with Crippen LogP contribution in [-0.4, -0.2) is 44.7 Å². The minimum Gasteiger partial charge on any atom is -0.482 e. The number of methoxy groups -OCH3 is 1. The summed E-state index contributed by atoms with van der Waals surface area (Å²) in [6, 6.07) is 18.7. The van der Waals surface area contributed by atoms with Crippen molar-refractivity contribution >= 4 is 28.7 Å². The highest BCUT2D eigenvalue weighted by molar-refractivity contribution is 5.91. The summed E-state index contributed by atoms with van der Waals surface area (Å²) in [6.45, 7) is 6.96. The number of carbonyl (C=O) groups is 2. The number of nitrogens with zero attached hydrogens (tertiary/aromatic N) is 4. The smallest absolute Gasteiger partial charge is 0.407 e. The third kappa shape index (κ3) is 5.77. The Morgan fingerprint density at radius 2 is 1.84 bits per heavy atom. The second-order valence-electron chi connectivity index (χ2n) is 10.9. The zero-order valence-corrected chi connectivity index (χ0v) is 24.8. The Kier molecular flexibility index (Phi) is 7.75. The molecule has 0 aliphatic heterocycles. The van der Waals surface area contributed by atoms with Crippen molar-refractivity contribution in [2.45, 2.75) is 52.8 Å². The molecular weight excluding hydrogens is 546 g/mol. The monoisotopic (exact) mass is 581 g/mol. The molecular formula is C33H35N5O5. The van der Waals surface area contributed by atoms with E-state index in [1.165, 1.54) is 12.8 Å². The number of esters is 1. The number of rotatable bonds is 10. The predicted octanol–water partition coefficient (Wildman–Crippen LogP) is 6.24. The van der Waals surface area contributed by atoms with Crippen LogP contribution in [0.5, 0.6) is 5.88 Å². The van der Waals surface area contributed by atoms with E-state index in [9.17, 15) is 9.59 Å². The molecule has 1 aliphatic carbocycles. The number of pyridine rings is 2. The number of ether oxygens (including phenoxy) is 3. The number of fused-ring (bicyclic) bond motifs is 2. The van der Waals surface area contributed by atoms with Gasteiger partial charge in [-0.3, -0.25) is 4.40 Å². The third-order valence-electron chi connectivity index (χ3n) is 7.77. The Hall–Kier alpha value is -4.86. The van der Waals surface area contributed by atoms with Crippen LogP contribution in [0.15, 0.2) is 60.7 Å². The van der Waals surface area contributed by atoms with Crippen LogP contribution in [0.3, 0.4) is 0 Å². The first-order valence-corrected chi connectivity index (χ1v) is 14.6. The lowest BCUT2D eigenvalue weighted by Gasteiger charge is -2.15. The SMILES string of the molecule is CCOC(=O)c1cc(OC)n2c(C)c(-c3cc4ccc([C@@H](C)NC(=O)OCc5ccccc5)nc4n3CC3CC3)nc2c1. The zero-order chi connectivity index (χ0) is 30.1. The fourth-order valence-corrected chi connectivity index (χ4v) is 5.34. The molecule has 1 amide bonds. The Bertz CT molecular complexity index is 1810. The molecule has 0 bridgehead atoms. The number of alkyl carbamates (subject to hydrolysis) is 1. The van der Waals surface area contributed by atoms with E-state index in [0.717, 1.165) is 45.9 Å². The topological polar surface area (TPSA) is 109 Å². The highest BCUT2D eigenvalue weighted by Gasteiger charge is 2.27. The van der Waals surface area contributed by atoms with Crippen LogP contribution in [0, 0.1) is 12.8 Å². The first kappa shape index (κ1) is 28.3. The van der Waals surface area contributed by atoms with Crippen LogP contribution in [0.2, 0.25) is 0 Å². The van der Waals surface area contributed by atoms with Crippen molar-refractivity contribution in [3.05, 3.63) is 83.2 Å². The summed E-state index contributed by atoms with van der Waals surface area (Å²) in [6.07, 6.45) is 1.85. The van der Waals surface area contributed by atoms with Gasteiger partial charge in [0.05, 0.1) is 42.4 Å². The minimum absolute atomic E-state index is 0.198. The van der Waals surface area contributed by atoms with Crippen LogP contribution in [0.4, 0.5) is 4.79 Å². The number of benzene rings is 1. The number of aryl methyl sites for hydroxylation is 1. The van der Waals surface area contributed by atoms with E-state index in [4.69, 9.17) is 24.2 Å². The van der Waals surface area contributed by atoms with Gasteiger partial charge in [-0.15, -0.1) is 0 Å². The van der Waals surface area contributed by atoms with Crippen molar-refractivity contribution in [1.29, 1.82) is 0 Å². The van der Waals surface area contributed by atoms with Crippen molar-refractivity contribution in [2.75, 3.05) is 13.7 Å². The van der Waals surface area contributed by atoms with Gasteiger partial charge in [-0.2, -0.15) is 0 Å². The van der Waals surface area contributed by atoms with E-state index >= 15 is 0 Å². The molecule has 5 aromatic rings. The second kappa shape index (κ2) is 11.8. The average Bonchev–Trinajstić information content (AvgIpc) is 3.69. The third-order valence-corrected chi connectivity index (χ3v) is 7.77. The average molecular weight is 582 g/mol. The van der Waals surface area contributed by atoms with Gasteiger partial charge >= 0.3 is 12.1 Å². The maximum Gasteiger partial charge on any atom is 0.407 e. The van der Waals surface area contributed by atoms with E-state index in [1.807, 2.05) is 60.7 Å². The number of hydrogen-bond acceptors (Lipinski definition) is 7. The lowest BCUT2D eigenvalue weighted by Crippen LogP contribution is -2.27. The van der Waals surface area contributed by atoms with Gasteiger partial charge in [-0.1, -0.05) is 30.3 Å². The summed E-state index contributed by atoms with van der Waals surface area (Å²) in [5.74, 6) is 0.656. The molecule has 1 aliphatic rings. The molecule has 4 heterocycles. The first-order valence-electron chi connectivity index (χ1n) is 14.6. The van der Waals surface area contributed by atoms with Crippen LogP contribution in [0.1, 0.15) is 60.0 Å². The van der Waals surface area contributed by atoms with Crippen molar-refractivity contribution in [2.24, 2.45) is 5.92 Å². The molecule has 1 fully saturated rings. The zero-order valence-electron chi connectivity index (χ0n) is 24.8. The Morgan fingerprint density at radius 1 is 1.05 bits per heavy atom. The van der Waals surface area contributed by atoms with Crippen LogP contribution in [0.25, 0.3) is 28.1 Å². The van der Waals surface area contributed by atoms with Crippen LogP contribution < -0.4 is 10.1 Å². The van der Waals surface area contributed by atoms with E-state index in [2.05, 4.69) is 16.0 Å². The van der Waals surface area contributed by atoms with Gasteiger partial charge in [0.15, 0.2) is 5.88 Å². The lowest BCUT2D eigenvalue weighted by atomic mass is 10.2. The molecule has 10 heteroatoms. The quantitative estimate of drug-likeness (QED) is 0.194. The largest absolute Gasteiger partial charge is 0.482 e. The number of amides is 1. The summed E-state index contributed by atoms with van der Waals surface area (Å²) in [7, 11) is 1.57. The van der Waals surface area contributed by atoms with Gasteiger partial charge in [0, 0.05) is 18.0 Å². The van der Waals surface area contributed by atoms with Gasteiger partial charge in [0.2, 0.25) is 0 Å². The fraction of sp³-hybridized carbons (Fsp3) is 0.333. The van der Waals surface area contributed by atoms with Gasteiger partial charge in [0.1, 0.15) is 23.6 Å². The fourth-order valence-electron chi connectivity index (χ4n) is 5.34. The molecule has 0 unspecified atom stereocenters. The van der Waals surface area contributed by atoms with Gasteiger partial charge in [0.25, 0.3) is 0 Å². The molecule has 4 aromatic heterocycles. The Morgan fingerprint density at radius 3 is 2.56 bits per heavy atom. The van der Waals surface area contributed by atoms with E-state index < -0.39 is 12.1 Å². The standard InChI is InChI=1S/C33H35N5O5/c1-5-42-32(39)25-16-28-36-30(21(3)38(28)29(17-25)41-4)27-15-24-13-14-26(35-31(24)37(27)18-22-11-12-22)20(2)34-33(40)43-19-23-9-7-6-8-10-23/h6-10,13-17,20,22H,5,11-12,18-19H2,1-4H3,(H,34,40)/t20-/m1/s1. The minimum atomic E-state index is -0.497. The normalized spacial score (nSPS) is 13.7. The Balaban J connectivity index is 1.34. The summed E-state index contributed by atoms with van der Waals surface area (Å²) >= 11 is 0. The van der Waals surface area contributed by atoms with E-state index in [0.29, 0.717) is 23.0 Å². The van der Waals surface area contributed by atoms with E-state index in [-0.39, 0.29) is 19.3 Å². The summed E-state index contributed by atoms with van der Waals surface area (Å²) in [5, 5.41) is 3.89. The number of imidazole rings is 1. The summed E-state index contributed by atoms with van der Waals surface area (Å²) < 4.78 is 20.4. The molecule has 1 aromatic carbocycles. The second-order valence-corrected chi connectivity index (χ2v) is 10.9. The molecule has 43 heavy (non-hydrogen) atoms. The highest BCUT2D eigenvalue weighted by atomic mass is 16.5. The van der Waals surface area contributed by atoms with Crippen LogP contribution in [-0.2, 0) is 22.6 Å². The van der Waals surface area contributed by atoms with Crippen molar-refractivity contribution in [1.82, 2.24) is 24.3 Å². The molecule has 0 saturated heterocycles. The maximum absolute atomic E-state index is 12.5. The number of carbonyl (C=O) groups excluding carboxylic acids is 2. The molecule has 0 radical (unpaired) electrons. The highest BCUT2D eigenvalue weighted by Crippen LogP contribution is 2.37. The van der Waals surface area contributed by atoms with Crippen molar-refractivity contribution in [3.63, 3.8) is 0 Å². The van der Waals surface area contributed by atoms with Gasteiger partial charge in [-0.05, 0) is 69.4 Å². The van der Waals surface area contributed by atoms with Gasteiger partial charge in [-0.25, -0.2) is 19.6 Å². The lowest BCUT2D eigenvalue weighted by molar-refractivity contribution is 0.0525. The predicted molar refractivity (Wildman–Crippen MR) is 162 cm³/mol. The molecule has 1 saturated carbocycles.